The summed E-state index contributed by atoms with van der Waals surface area (Å²) in [5.41, 5.74) is 3.24. The molecule has 148 valence electrons. The molecule has 0 bridgehead atoms. The van der Waals surface area contributed by atoms with Crippen LogP contribution in [0, 0.1) is 0 Å². The summed E-state index contributed by atoms with van der Waals surface area (Å²) >= 11 is 13.9. The Hall–Kier alpha value is -2.21. The molecule has 0 amide bonds. The van der Waals surface area contributed by atoms with Gasteiger partial charge in [-0.25, -0.2) is 9.97 Å². The maximum absolute atomic E-state index is 6.16. The van der Waals surface area contributed by atoms with Crippen molar-refractivity contribution in [1.82, 2.24) is 15.0 Å². The quantitative estimate of drug-likeness (QED) is 0.316. The van der Waals surface area contributed by atoms with Gasteiger partial charge < -0.3 is 4.90 Å². The first-order valence-corrected chi connectivity index (χ1v) is 10.7. The molecule has 4 aromatic rings. The lowest BCUT2D eigenvalue weighted by atomic mass is 9.87. The molecule has 0 aliphatic heterocycles. The van der Waals surface area contributed by atoms with E-state index < -0.39 is 0 Å². The maximum atomic E-state index is 6.16. The van der Waals surface area contributed by atoms with Gasteiger partial charge in [0.15, 0.2) is 0 Å². The number of fused-ring (bicyclic) bond motifs is 1. The fourth-order valence-electron chi connectivity index (χ4n) is 3.09. The third-order valence-corrected chi connectivity index (χ3v) is 6.28. The summed E-state index contributed by atoms with van der Waals surface area (Å²) in [4.78, 5) is 15.3. The molecular formula is C22H20Cl2N4S. The highest BCUT2D eigenvalue weighted by Gasteiger charge is 2.17. The third kappa shape index (κ3) is 4.08. The normalized spacial score (nSPS) is 11.8. The van der Waals surface area contributed by atoms with Crippen LogP contribution in [0.1, 0.15) is 26.3 Å². The summed E-state index contributed by atoms with van der Waals surface area (Å²) in [7, 11) is 1.95. The van der Waals surface area contributed by atoms with E-state index >= 15 is 0 Å². The summed E-state index contributed by atoms with van der Waals surface area (Å²) in [5, 5.41) is 3.60. The van der Waals surface area contributed by atoms with Gasteiger partial charge >= 0.3 is 0 Å². The van der Waals surface area contributed by atoms with Crippen molar-refractivity contribution in [3.8, 4) is 10.6 Å². The van der Waals surface area contributed by atoms with Crippen molar-refractivity contribution in [2.45, 2.75) is 26.2 Å². The zero-order valence-electron chi connectivity index (χ0n) is 16.6. The van der Waals surface area contributed by atoms with Crippen molar-refractivity contribution in [2.75, 3.05) is 11.9 Å². The minimum atomic E-state index is 0.128. The Labute approximate surface area is 184 Å². The van der Waals surface area contributed by atoms with E-state index in [0.29, 0.717) is 10.5 Å². The zero-order valence-corrected chi connectivity index (χ0v) is 18.9. The van der Waals surface area contributed by atoms with Crippen LogP contribution in [0.15, 0.2) is 48.7 Å². The summed E-state index contributed by atoms with van der Waals surface area (Å²) < 4.78 is 0. The molecule has 0 spiro atoms. The molecule has 2 aromatic heterocycles. The van der Waals surface area contributed by atoms with Crippen LogP contribution in [0.3, 0.4) is 0 Å². The lowest BCUT2D eigenvalue weighted by molar-refractivity contribution is 0.590. The molecule has 4 nitrogen and oxygen atoms in total. The van der Waals surface area contributed by atoms with Crippen molar-refractivity contribution in [3.63, 3.8) is 0 Å². The molecule has 4 rings (SSSR count). The van der Waals surface area contributed by atoms with Gasteiger partial charge in [0.1, 0.15) is 15.8 Å². The molecule has 0 aliphatic rings. The number of benzene rings is 2. The fraction of sp³-hybridized carbons (Fsp3) is 0.227. The first kappa shape index (κ1) is 20.1. The number of aromatic nitrogens is 3. The van der Waals surface area contributed by atoms with Crippen LogP contribution in [0.2, 0.25) is 10.3 Å². The van der Waals surface area contributed by atoms with Crippen LogP contribution in [0.25, 0.3) is 21.5 Å². The van der Waals surface area contributed by atoms with E-state index in [1.54, 1.807) is 17.4 Å². The largest absolute Gasteiger partial charge is 0.319 e. The molecule has 29 heavy (non-hydrogen) atoms. The topological polar surface area (TPSA) is 41.9 Å². The van der Waals surface area contributed by atoms with Crippen LogP contribution >= 0.6 is 34.5 Å². The van der Waals surface area contributed by atoms with Crippen LogP contribution in [0.4, 0.5) is 10.8 Å². The number of hydrogen-bond acceptors (Lipinski definition) is 5. The molecule has 0 fully saturated rings. The number of rotatable bonds is 3. The van der Waals surface area contributed by atoms with Crippen molar-refractivity contribution in [1.29, 1.82) is 0 Å². The van der Waals surface area contributed by atoms with E-state index in [0.717, 1.165) is 26.8 Å². The molecule has 0 unspecified atom stereocenters. The van der Waals surface area contributed by atoms with Crippen LogP contribution in [-0.2, 0) is 5.41 Å². The van der Waals surface area contributed by atoms with Gasteiger partial charge in [-0.05, 0) is 40.8 Å². The van der Waals surface area contributed by atoms with Crippen molar-refractivity contribution >= 4 is 56.3 Å². The van der Waals surface area contributed by atoms with Crippen molar-refractivity contribution in [2.24, 2.45) is 0 Å². The van der Waals surface area contributed by atoms with E-state index in [1.165, 1.54) is 5.56 Å². The Morgan fingerprint density at radius 2 is 1.69 bits per heavy atom. The molecule has 2 heterocycles. The number of anilines is 2. The summed E-state index contributed by atoms with van der Waals surface area (Å²) in [5.74, 6) is 0.718. The second-order valence-corrected chi connectivity index (χ2v) is 9.65. The summed E-state index contributed by atoms with van der Waals surface area (Å²) in [6.45, 7) is 6.63. The zero-order chi connectivity index (χ0) is 20.8. The average Bonchev–Trinajstić information content (AvgIpc) is 3.16. The first-order chi connectivity index (χ1) is 13.7. The van der Waals surface area contributed by atoms with E-state index in [9.17, 15) is 0 Å². The van der Waals surface area contributed by atoms with Gasteiger partial charge in [-0.1, -0.05) is 68.0 Å². The van der Waals surface area contributed by atoms with Gasteiger partial charge in [-0.3, -0.25) is 0 Å². The van der Waals surface area contributed by atoms with Gasteiger partial charge in [0.25, 0.3) is 0 Å². The van der Waals surface area contributed by atoms with Crippen LogP contribution < -0.4 is 4.90 Å². The number of thiazole rings is 1. The Morgan fingerprint density at radius 1 is 0.966 bits per heavy atom. The minimum absolute atomic E-state index is 0.128. The van der Waals surface area contributed by atoms with E-state index in [2.05, 4.69) is 60.0 Å². The predicted octanol–water partition coefficient (Wildman–Crippen LogP) is 7.13. The highest BCUT2D eigenvalue weighted by molar-refractivity contribution is 7.19. The van der Waals surface area contributed by atoms with Crippen molar-refractivity contribution < 1.29 is 0 Å². The molecule has 0 radical (unpaired) electrons. The number of halogens is 2. The Kier molecular flexibility index (Phi) is 5.23. The predicted molar refractivity (Wildman–Crippen MR) is 124 cm³/mol. The fourth-order valence-corrected chi connectivity index (χ4v) is 4.31. The first-order valence-electron chi connectivity index (χ1n) is 9.15. The smallest absolute Gasteiger partial charge is 0.224 e. The molecule has 0 N–H and O–H groups in total. The number of nitrogens with zero attached hydrogens (tertiary/aromatic N) is 4. The van der Waals surface area contributed by atoms with Gasteiger partial charge in [-0.2, -0.15) is 4.98 Å². The second kappa shape index (κ2) is 7.56. The molecular weight excluding hydrogens is 423 g/mol. The van der Waals surface area contributed by atoms with Gasteiger partial charge in [0, 0.05) is 23.0 Å². The Balaban J connectivity index is 1.69. The molecule has 0 saturated heterocycles. The second-order valence-electron chi connectivity index (χ2n) is 7.87. The molecule has 7 heteroatoms. The van der Waals surface area contributed by atoms with Crippen molar-refractivity contribution in [3.05, 3.63) is 64.5 Å². The highest BCUT2D eigenvalue weighted by atomic mass is 35.5. The maximum Gasteiger partial charge on any atom is 0.224 e. The molecule has 0 atom stereocenters. The molecule has 0 aliphatic carbocycles. The van der Waals surface area contributed by atoms with E-state index in [1.807, 2.05) is 30.3 Å². The monoisotopic (exact) mass is 442 g/mol. The lowest BCUT2D eigenvalue weighted by Crippen LogP contribution is -2.11. The minimum Gasteiger partial charge on any atom is -0.319 e. The lowest BCUT2D eigenvalue weighted by Gasteiger charge is -2.19. The molecule has 2 aromatic carbocycles. The standard InChI is InChI=1S/C22H20Cl2N4S/c1-22(2,3)14-7-5-13(6-8-14)20-25-12-18(29-20)28(4)19-16-10-9-15(23)11-17(16)26-21(24)27-19/h5-12H,1-4H3. The Morgan fingerprint density at radius 3 is 2.38 bits per heavy atom. The average molecular weight is 443 g/mol. The van der Waals surface area contributed by atoms with Crippen LogP contribution in [0.5, 0.6) is 0 Å². The summed E-state index contributed by atoms with van der Waals surface area (Å²) in [6.07, 6.45) is 1.86. The summed E-state index contributed by atoms with van der Waals surface area (Å²) in [6, 6.07) is 14.1. The van der Waals surface area contributed by atoms with E-state index in [-0.39, 0.29) is 10.7 Å². The number of hydrogen-bond donors (Lipinski definition) is 0. The van der Waals surface area contributed by atoms with Crippen LogP contribution in [-0.4, -0.2) is 22.0 Å². The highest BCUT2D eigenvalue weighted by Crippen LogP contribution is 2.37. The van der Waals surface area contributed by atoms with E-state index in [4.69, 9.17) is 23.2 Å². The van der Waals surface area contributed by atoms with Gasteiger partial charge in [0.2, 0.25) is 5.28 Å². The third-order valence-electron chi connectivity index (χ3n) is 4.75. The van der Waals surface area contributed by atoms with Gasteiger partial charge in [-0.15, -0.1) is 0 Å². The molecule has 0 saturated carbocycles. The Bertz CT molecular complexity index is 1170. The van der Waals surface area contributed by atoms with Gasteiger partial charge in [0.05, 0.1) is 11.7 Å². The SMILES string of the molecule is CN(c1cnc(-c2ccc(C(C)(C)C)cc2)s1)c1nc(Cl)nc2cc(Cl)ccc12.